The SMILES string of the molecule is NCCCc1ncc(Oc2cccc(Cl)c2)cn1. The van der Waals surface area contributed by atoms with Crippen molar-refractivity contribution in [1.29, 1.82) is 0 Å². The third-order valence-electron chi connectivity index (χ3n) is 2.32. The summed E-state index contributed by atoms with van der Waals surface area (Å²) >= 11 is 5.87. The topological polar surface area (TPSA) is 61.0 Å². The van der Waals surface area contributed by atoms with E-state index < -0.39 is 0 Å². The van der Waals surface area contributed by atoms with Gasteiger partial charge in [0.1, 0.15) is 11.6 Å². The summed E-state index contributed by atoms with van der Waals surface area (Å²) in [5, 5.41) is 0.632. The molecule has 2 rings (SSSR count). The van der Waals surface area contributed by atoms with E-state index in [2.05, 4.69) is 9.97 Å². The van der Waals surface area contributed by atoms with Crippen molar-refractivity contribution in [2.24, 2.45) is 5.73 Å². The Hall–Kier alpha value is -1.65. The Morgan fingerprint density at radius 2 is 1.94 bits per heavy atom. The van der Waals surface area contributed by atoms with Crippen LogP contribution in [-0.2, 0) is 6.42 Å². The molecule has 0 aliphatic carbocycles. The predicted molar refractivity (Wildman–Crippen MR) is 70.9 cm³/mol. The highest BCUT2D eigenvalue weighted by Gasteiger charge is 2.00. The molecule has 1 aromatic carbocycles. The lowest BCUT2D eigenvalue weighted by atomic mass is 10.3. The van der Waals surface area contributed by atoms with Gasteiger partial charge in [0.2, 0.25) is 0 Å². The first-order valence-electron chi connectivity index (χ1n) is 5.72. The molecule has 0 aliphatic rings. The first-order valence-corrected chi connectivity index (χ1v) is 6.10. The molecule has 1 heterocycles. The van der Waals surface area contributed by atoms with E-state index in [1.807, 2.05) is 12.1 Å². The van der Waals surface area contributed by atoms with Crippen LogP contribution in [0.15, 0.2) is 36.7 Å². The Labute approximate surface area is 111 Å². The van der Waals surface area contributed by atoms with E-state index in [1.54, 1.807) is 24.5 Å². The molecule has 94 valence electrons. The first-order chi connectivity index (χ1) is 8.78. The largest absolute Gasteiger partial charge is 0.454 e. The lowest BCUT2D eigenvalue weighted by Crippen LogP contribution is -2.03. The van der Waals surface area contributed by atoms with Crippen LogP contribution in [0.5, 0.6) is 11.5 Å². The normalized spacial score (nSPS) is 10.3. The van der Waals surface area contributed by atoms with Crippen LogP contribution < -0.4 is 10.5 Å². The molecule has 0 fully saturated rings. The summed E-state index contributed by atoms with van der Waals surface area (Å²) in [6, 6.07) is 7.19. The number of benzene rings is 1. The Morgan fingerprint density at radius 3 is 2.61 bits per heavy atom. The molecule has 0 saturated carbocycles. The number of aryl methyl sites for hydroxylation is 1. The molecule has 0 saturated heterocycles. The van der Waals surface area contributed by atoms with E-state index in [-0.39, 0.29) is 0 Å². The average Bonchev–Trinajstić information content (AvgIpc) is 2.38. The van der Waals surface area contributed by atoms with Crippen molar-refractivity contribution < 1.29 is 4.74 Å². The third kappa shape index (κ3) is 3.68. The lowest BCUT2D eigenvalue weighted by Gasteiger charge is -2.05. The van der Waals surface area contributed by atoms with Gasteiger partial charge in [-0.15, -0.1) is 0 Å². The van der Waals surface area contributed by atoms with E-state index in [1.165, 1.54) is 0 Å². The maximum Gasteiger partial charge on any atom is 0.164 e. The van der Waals surface area contributed by atoms with Crippen molar-refractivity contribution in [3.05, 3.63) is 47.5 Å². The molecular weight excluding hydrogens is 250 g/mol. The molecule has 1 aromatic heterocycles. The van der Waals surface area contributed by atoms with Gasteiger partial charge in [-0.2, -0.15) is 0 Å². The summed E-state index contributed by atoms with van der Waals surface area (Å²) in [5.74, 6) is 2.04. The molecule has 0 radical (unpaired) electrons. The van der Waals surface area contributed by atoms with Gasteiger partial charge in [-0.1, -0.05) is 17.7 Å². The van der Waals surface area contributed by atoms with Crippen LogP contribution in [0.25, 0.3) is 0 Å². The summed E-state index contributed by atoms with van der Waals surface area (Å²) in [6.07, 6.45) is 4.97. The number of nitrogens with two attached hydrogens (primary N) is 1. The number of rotatable bonds is 5. The molecule has 5 heteroatoms. The summed E-state index contributed by atoms with van der Waals surface area (Å²) in [6.45, 7) is 0.643. The molecular formula is C13H14ClN3O. The predicted octanol–water partition coefficient (Wildman–Crippen LogP) is 2.81. The standard InChI is InChI=1S/C13H14ClN3O/c14-10-3-1-4-11(7-10)18-12-8-16-13(17-9-12)5-2-6-15/h1,3-4,7-9H,2,5-6,15H2. The van der Waals surface area contributed by atoms with E-state index in [0.29, 0.717) is 23.1 Å². The zero-order valence-corrected chi connectivity index (χ0v) is 10.6. The van der Waals surface area contributed by atoms with E-state index >= 15 is 0 Å². The highest BCUT2D eigenvalue weighted by atomic mass is 35.5. The van der Waals surface area contributed by atoms with E-state index in [4.69, 9.17) is 22.1 Å². The van der Waals surface area contributed by atoms with E-state index in [0.717, 1.165) is 18.7 Å². The molecule has 0 atom stereocenters. The van der Waals surface area contributed by atoms with Crippen molar-refractivity contribution in [3.8, 4) is 11.5 Å². The zero-order chi connectivity index (χ0) is 12.8. The summed E-state index contributed by atoms with van der Waals surface area (Å²) in [4.78, 5) is 8.42. The third-order valence-corrected chi connectivity index (χ3v) is 2.55. The summed E-state index contributed by atoms with van der Waals surface area (Å²) in [7, 11) is 0. The Balaban J connectivity index is 2.02. The molecule has 2 aromatic rings. The molecule has 0 unspecified atom stereocenters. The number of ether oxygens (including phenoxy) is 1. The Bertz CT molecular complexity index is 502. The van der Waals surface area contributed by atoms with Gasteiger partial charge >= 0.3 is 0 Å². The molecule has 0 amide bonds. The van der Waals surface area contributed by atoms with Crippen molar-refractivity contribution in [2.75, 3.05) is 6.54 Å². The minimum absolute atomic E-state index is 0.591. The number of hydrogen-bond acceptors (Lipinski definition) is 4. The lowest BCUT2D eigenvalue weighted by molar-refractivity contribution is 0.476. The van der Waals surface area contributed by atoms with Crippen LogP contribution in [0.1, 0.15) is 12.2 Å². The number of halogens is 1. The van der Waals surface area contributed by atoms with Gasteiger partial charge in [-0.25, -0.2) is 9.97 Å². The second kappa shape index (κ2) is 6.33. The molecule has 0 spiro atoms. The molecule has 18 heavy (non-hydrogen) atoms. The number of hydrogen-bond donors (Lipinski definition) is 1. The minimum Gasteiger partial charge on any atom is -0.454 e. The van der Waals surface area contributed by atoms with Crippen LogP contribution in [0.2, 0.25) is 5.02 Å². The van der Waals surface area contributed by atoms with Crippen LogP contribution >= 0.6 is 11.6 Å². The maximum atomic E-state index is 5.87. The van der Waals surface area contributed by atoms with Gasteiger partial charge in [0, 0.05) is 11.4 Å². The van der Waals surface area contributed by atoms with Crippen molar-refractivity contribution in [1.82, 2.24) is 9.97 Å². The fourth-order valence-corrected chi connectivity index (χ4v) is 1.63. The smallest absolute Gasteiger partial charge is 0.164 e. The van der Waals surface area contributed by atoms with E-state index in [9.17, 15) is 0 Å². The molecule has 4 nitrogen and oxygen atoms in total. The van der Waals surface area contributed by atoms with Crippen LogP contribution in [0.3, 0.4) is 0 Å². The van der Waals surface area contributed by atoms with Gasteiger partial charge in [0.15, 0.2) is 5.75 Å². The molecule has 2 N–H and O–H groups in total. The fraction of sp³-hybridized carbons (Fsp3) is 0.231. The van der Waals surface area contributed by atoms with Crippen molar-refractivity contribution in [3.63, 3.8) is 0 Å². The van der Waals surface area contributed by atoms with Gasteiger partial charge in [0.25, 0.3) is 0 Å². The zero-order valence-electron chi connectivity index (χ0n) is 9.84. The maximum absolute atomic E-state index is 5.87. The molecule has 0 bridgehead atoms. The minimum atomic E-state index is 0.591. The van der Waals surface area contributed by atoms with Gasteiger partial charge in [0.05, 0.1) is 12.4 Å². The highest BCUT2D eigenvalue weighted by molar-refractivity contribution is 6.30. The second-order valence-corrected chi connectivity index (χ2v) is 4.22. The van der Waals surface area contributed by atoms with Gasteiger partial charge < -0.3 is 10.5 Å². The quantitative estimate of drug-likeness (QED) is 0.901. The second-order valence-electron chi connectivity index (χ2n) is 3.79. The highest BCUT2D eigenvalue weighted by Crippen LogP contribution is 2.22. The Kier molecular flexibility index (Phi) is 4.50. The van der Waals surface area contributed by atoms with Crippen molar-refractivity contribution >= 4 is 11.6 Å². The molecule has 0 aliphatic heterocycles. The van der Waals surface area contributed by atoms with Crippen molar-refractivity contribution in [2.45, 2.75) is 12.8 Å². The summed E-state index contributed by atoms with van der Waals surface area (Å²) < 4.78 is 5.58. The monoisotopic (exact) mass is 263 g/mol. The van der Waals surface area contributed by atoms with Gasteiger partial charge in [-0.05, 0) is 31.2 Å². The average molecular weight is 264 g/mol. The number of aromatic nitrogens is 2. The first kappa shape index (κ1) is 12.8. The summed E-state index contributed by atoms with van der Waals surface area (Å²) in [5.41, 5.74) is 5.43. The van der Waals surface area contributed by atoms with Gasteiger partial charge in [-0.3, -0.25) is 0 Å². The van der Waals surface area contributed by atoms with Crippen LogP contribution in [-0.4, -0.2) is 16.5 Å². The van der Waals surface area contributed by atoms with Crippen LogP contribution in [0.4, 0.5) is 0 Å². The number of nitrogens with zero attached hydrogens (tertiary/aromatic N) is 2. The fourth-order valence-electron chi connectivity index (χ4n) is 1.45. The van der Waals surface area contributed by atoms with Crippen LogP contribution in [0, 0.1) is 0 Å². The Morgan fingerprint density at radius 1 is 1.17 bits per heavy atom.